The maximum atomic E-state index is 12.1. The molecule has 3 rings (SSSR count). The second kappa shape index (κ2) is 4.15. The molecular formula is C14H17NO2. The van der Waals surface area contributed by atoms with Gasteiger partial charge in [0.15, 0.2) is 0 Å². The lowest BCUT2D eigenvalue weighted by Crippen LogP contribution is -2.45. The van der Waals surface area contributed by atoms with Crippen molar-refractivity contribution in [2.45, 2.75) is 32.0 Å². The Hall–Kier alpha value is -1.35. The highest BCUT2D eigenvalue weighted by Crippen LogP contribution is 2.38. The zero-order chi connectivity index (χ0) is 11.8. The van der Waals surface area contributed by atoms with Gasteiger partial charge in [-0.2, -0.15) is 0 Å². The maximum absolute atomic E-state index is 12.1. The van der Waals surface area contributed by atoms with Gasteiger partial charge >= 0.3 is 0 Å². The number of ether oxygens (including phenoxy) is 1. The fraction of sp³-hybridized carbons (Fsp3) is 0.500. The first-order chi connectivity index (χ1) is 8.27. The van der Waals surface area contributed by atoms with E-state index >= 15 is 0 Å². The smallest absolute Gasteiger partial charge is 0.225 e. The average molecular weight is 231 g/mol. The zero-order valence-electron chi connectivity index (χ0n) is 10.0. The summed E-state index contributed by atoms with van der Waals surface area (Å²) in [5, 5.41) is 0. The Kier molecular flexibility index (Phi) is 2.63. The Bertz CT molecular complexity index is 417. The number of rotatable bonds is 1. The standard InChI is InChI=1S/C14H17NO2/c1-10-7-8-13(16)15-12(9-17-14(10)15)11-5-3-2-4-6-11/h2-6,10,12,14H,7-9H2,1H3/t10-,12-,14?/m0/s1. The Balaban J connectivity index is 1.91. The molecular weight excluding hydrogens is 214 g/mol. The number of benzene rings is 1. The van der Waals surface area contributed by atoms with Crippen molar-refractivity contribution in [1.29, 1.82) is 0 Å². The monoisotopic (exact) mass is 231 g/mol. The molecule has 2 fully saturated rings. The first kappa shape index (κ1) is 10.8. The molecule has 3 nitrogen and oxygen atoms in total. The largest absolute Gasteiger partial charge is 0.355 e. The minimum atomic E-state index is -0.0125. The summed E-state index contributed by atoms with van der Waals surface area (Å²) in [7, 11) is 0. The summed E-state index contributed by atoms with van der Waals surface area (Å²) < 4.78 is 5.81. The number of hydrogen-bond acceptors (Lipinski definition) is 2. The highest BCUT2D eigenvalue weighted by molar-refractivity contribution is 5.78. The minimum Gasteiger partial charge on any atom is -0.355 e. The number of amides is 1. The Morgan fingerprint density at radius 1 is 1.29 bits per heavy atom. The summed E-state index contributed by atoms with van der Waals surface area (Å²) >= 11 is 0. The molecule has 2 aliphatic rings. The molecule has 2 saturated heterocycles. The van der Waals surface area contributed by atoms with Gasteiger partial charge in [0, 0.05) is 12.3 Å². The topological polar surface area (TPSA) is 29.5 Å². The van der Waals surface area contributed by atoms with E-state index in [2.05, 4.69) is 19.1 Å². The van der Waals surface area contributed by atoms with Gasteiger partial charge in [0.1, 0.15) is 6.23 Å². The van der Waals surface area contributed by atoms with Gasteiger partial charge < -0.3 is 9.64 Å². The summed E-state index contributed by atoms with van der Waals surface area (Å²) in [6.45, 7) is 2.79. The molecule has 3 atom stereocenters. The average Bonchev–Trinajstić information content (AvgIpc) is 2.81. The van der Waals surface area contributed by atoms with Gasteiger partial charge in [0.25, 0.3) is 0 Å². The summed E-state index contributed by atoms with van der Waals surface area (Å²) in [5.41, 5.74) is 1.18. The molecule has 0 bridgehead atoms. The summed E-state index contributed by atoms with van der Waals surface area (Å²) in [4.78, 5) is 14.0. The van der Waals surface area contributed by atoms with E-state index < -0.39 is 0 Å². The molecule has 1 unspecified atom stereocenters. The molecule has 1 aromatic carbocycles. The molecule has 2 aliphatic heterocycles. The summed E-state index contributed by atoms with van der Waals surface area (Å²) in [6.07, 6.45) is 1.59. The fourth-order valence-electron chi connectivity index (χ4n) is 2.84. The van der Waals surface area contributed by atoms with Crippen molar-refractivity contribution in [3.05, 3.63) is 35.9 Å². The number of nitrogens with zero attached hydrogens (tertiary/aromatic N) is 1. The van der Waals surface area contributed by atoms with Crippen LogP contribution in [0, 0.1) is 5.92 Å². The van der Waals surface area contributed by atoms with E-state index in [0.717, 1.165) is 6.42 Å². The van der Waals surface area contributed by atoms with Crippen LogP contribution in [0.25, 0.3) is 0 Å². The van der Waals surface area contributed by atoms with Crippen molar-refractivity contribution in [2.75, 3.05) is 6.61 Å². The molecule has 0 N–H and O–H groups in total. The predicted octanol–water partition coefficient (Wildman–Crippen LogP) is 2.34. The van der Waals surface area contributed by atoms with Gasteiger partial charge in [-0.05, 0) is 12.0 Å². The minimum absolute atomic E-state index is 0.0125. The van der Waals surface area contributed by atoms with Crippen LogP contribution in [0.1, 0.15) is 31.4 Å². The Labute approximate surface area is 101 Å². The van der Waals surface area contributed by atoms with Crippen LogP contribution in [0.3, 0.4) is 0 Å². The van der Waals surface area contributed by atoms with Crippen molar-refractivity contribution in [3.63, 3.8) is 0 Å². The van der Waals surface area contributed by atoms with Gasteiger partial charge in [0.2, 0.25) is 5.91 Å². The van der Waals surface area contributed by atoms with Gasteiger partial charge in [-0.15, -0.1) is 0 Å². The highest BCUT2D eigenvalue weighted by atomic mass is 16.5. The molecule has 3 heteroatoms. The van der Waals surface area contributed by atoms with Crippen LogP contribution >= 0.6 is 0 Å². The van der Waals surface area contributed by atoms with E-state index in [0.29, 0.717) is 18.9 Å². The molecule has 2 heterocycles. The fourth-order valence-corrected chi connectivity index (χ4v) is 2.84. The SMILES string of the molecule is C[C@H]1CCC(=O)N2C1OC[C@H]2c1ccccc1. The van der Waals surface area contributed by atoms with E-state index in [9.17, 15) is 4.79 Å². The second-order valence-electron chi connectivity index (χ2n) is 4.97. The van der Waals surface area contributed by atoms with Crippen molar-refractivity contribution in [2.24, 2.45) is 5.92 Å². The quantitative estimate of drug-likeness (QED) is 0.742. The summed E-state index contributed by atoms with van der Waals surface area (Å²) in [6, 6.07) is 10.3. The van der Waals surface area contributed by atoms with E-state index in [4.69, 9.17) is 4.74 Å². The molecule has 0 aliphatic carbocycles. The molecule has 0 radical (unpaired) electrons. The number of carbonyl (C=O) groups excluding carboxylic acids is 1. The molecule has 1 aromatic rings. The molecule has 17 heavy (non-hydrogen) atoms. The van der Waals surface area contributed by atoms with Gasteiger partial charge in [-0.3, -0.25) is 4.79 Å². The van der Waals surface area contributed by atoms with E-state index in [-0.39, 0.29) is 18.2 Å². The van der Waals surface area contributed by atoms with Crippen LogP contribution in [-0.2, 0) is 9.53 Å². The van der Waals surface area contributed by atoms with Crippen LogP contribution in [0.5, 0.6) is 0 Å². The second-order valence-corrected chi connectivity index (χ2v) is 4.97. The number of piperidine rings is 1. The molecule has 0 aromatic heterocycles. The van der Waals surface area contributed by atoms with Crippen molar-refractivity contribution < 1.29 is 9.53 Å². The zero-order valence-corrected chi connectivity index (χ0v) is 10.0. The van der Waals surface area contributed by atoms with Crippen LogP contribution in [0.4, 0.5) is 0 Å². The molecule has 90 valence electrons. The Morgan fingerprint density at radius 3 is 2.82 bits per heavy atom. The van der Waals surface area contributed by atoms with Gasteiger partial charge in [0.05, 0.1) is 12.6 Å². The van der Waals surface area contributed by atoms with Crippen LogP contribution in [0.2, 0.25) is 0 Å². The number of hydrogen-bond donors (Lipinski definition) is 0. The van der Waals surface area contributed by atoms with Crippen molar-refractivity contribution >= 4 is 5.91 Å². The third-order valence-corrected chi connectivity index (χ3v) is 3.81. The predicted molar refractivity (Wildman–Crippen MR) is 64.2 cm³/mol. The van der Waals surface area contributed by atoms with Crippen LogP contribution in [-0.4, -0.2) is 23.6 Å². The number of carbonyl (C=O) groups is 1. The Morgan fingerprint density at radius 2 is 2.06 bits per heavy atom. The van der Waals surface area contributed by atoms with Gasteiger partial charge in [-0.1, -0.05) is 37.3 Å². The molecule has 1 amide bonds. The van der Waals surface area contributed by atoms with Crippen molar-refractivity contribution in [3.8, 4) is 0 Å². The lowest BCUT2D eigenvalue weighted by Gasteiger charge is -2.36. The maximum Gasteiger partial charge on any atom is 0.225 e. The van der Waals surface area contributed by atoms with E-state index in [1.54, 1.807) is 0 Å². The molecule has 0 spiro atoms. The van der Waals surface area contributed by atoms with E-state index in [1.807, 2.05) is 23.1 Å². The summed E-state index contributed by atoms with van der Waals surface area (Å²) in [5.74, 6) is 0.681. The van der Waals surface area contributed by atoms with E-state index in [1.165, 1.54) is 5.56 Å². The number of fused-ring (bicyclic) bond motifs is 1. The first-order valence-electron chi connectivity index (χ1n) is 6.25. The lowest BCUT2D eigenvalue weighted by atomic mass is 9.95. The van der Waals surface area contributed by atoms with Crippen LogP contribution < -0.4 is 0 Å². The van der Waals surface area contributed by atoms with Crippen molar-refractivity contribution in [1.82, 2.24) is 4.90 Å². The third-order valence-electron chi connectivity index (χ3n) is 3.81. The lowest BCUT2D eigenvalue weighted by molar-refractivity contribution is -0.146. The van der Waals surface area contributed by atoms with Crippen LogP contribution in [0.15, 0.2) is 30.3 Å². The first-order valence-corrected chi connectivity index (χ1v) is 6.25. The highest BCUT2D eigenvalue weighted by Gasteiger charge is 2.43. The normalized spacial score (nSPS) is 32.6. The third kappa shape index (κ3) is 1.75. The molecule has 0 saturated carbocycles. The van der Waals surface area contributed by atoms with Gasteiger partial charge in [-0.25, -0.2) is 0 Å².